The van der Waals surface area contributed by atoms with E-state index in [2.05, 4.69) is 42.5 Å². The van der Waals surface area contributed by atoms with E-state index in [1.165, 1.54) is 28.0 Å². The van der Waals surface area contributed by atoms with E-state index in [0.717, 1.165) is 11.1 Å². The molecule has 2 fully saturated rings. The van der Waals surface area contributed by atoms with E-state index in [9.17, 15) is 38.4 Å². The van der Waals surface area contributed by atoms with Crippen LogP contribution < -0.4 is 48.3 Å². The number of benzene rings is 3. The molecule has 3 aromatic rings. The molecule has 0 bridgehead atoms. The van der Waals surface area contributed by atoms with Crippen LogP contribution in [0.5, 0.6) is 0 Å². The lowest BCUT2D eigenvalue weighted by molar-refractivity contribution is -0.143. The van der Waals surface area contributed by atoms with Crippen LogP contribution in [0.25, 0.3) is 0 Å². The molecule has 2 heterocycles. The highest BCUT2D eigenvalue weighted by molar-refractivity contribution is 6.02. The second-order valence-electron chi connectivity index (χ2n) is 19.7. The molecule has 10 N–H and O–H groups in total. The number of likely N-dealkylation sites (N-methyl/N-ethyl adjacent to an activating group) is 2. The third kappa shape index (κ3) is 14.7. The van der Waals surface area contributed by atoms with Crippen LogP contribution >= 0.6 is 0 Å². The van der Waals surface area contributed by atoms with Crippen molar-refractivity contribution in [3.63, 3.8) is 0 Å². The molecule has 0 saturated carbocycles. The van der Waals surface area contributed by atoms with Crippen LogP contribution in [0.3, 0.4) is 0 Å². The summed E-state index contributed by atoms with van der Waals surface area (Å²) in [5.41, 5.74) is 8.23. The standard InChI is InChI=1S/C54H77N11O8/c1-11-30(3)45(62-47(66)34(7)56-9)53(72)64-28-41(26-43(64)51(70)58-32(5)36-19-15-13-16-20-36)60-49(68)38-23-39(25-40(55)24-38)50(69)61-42-27-44(52(71)59-33(6)37-21-17-14-18-22-37)65(29-42)54(73)46(31(4)12-2)63-48(67)35(8)57-10/h13-25,30-35,41-46,56-57H,11-12,26-29,55H2,1-10H3,(H,58,70)(H,59,71)(H,60,68)(H,61,69)(H,62,66)(H,63,67)/t30-,31-,32-,33-,34+,35+,41+,42+,43+,44+,45+,46+/m1/s1. The SMILES string of the molecule is CC[C@@H](C)[C@H](NC(=O)[C@H](C)NC)C(=O)N1C[C@@H](NC(=O)c2cc(N)cc(C(=O)N[C@H]3C[C@@H](C(=O)N[C@H](C)c4ccccc4)N(C(=O)[C@@H](NC(=O)[C@H](C)NC)[C@H](C)CC)C3)c2)C[C@H]1C(=O)N[C@H](C)c1ccccc1. The third-order valence-corrected chi connectivity index (χ3v) is 14.4. The van der Waals surface area contributed by atoms with Crippen LogP contribution in [0.1, 0.15) is 125 Å². The molecule has 0 spiro atoms. The summed E-state index contributed by atoms with van der Waals surface area (Å²) in [5, 5.41) is 23.5. The number of hydrogen-bond acceptors (Lipinski definition) is 11. The zero-order chi connectivity index (χ0) is 53.7. The number of nitrogen functional groups attached to an aromatic ring is 1. The van der Waals surface area contributed by atoms with Gasteiger partial charge in [-0.15, -0.1) is 0 Å². The van der Waals surface area contributed by atoms with Crippen LogP contribution in [0, 0.1) is 11.8 Å². The van der Waals surface area contributed by atoms with Gasteiger partial charge >= 0.3 is 0 Å². The zero-order valence-electron chi connectivity index (χ0n) is 43.9. The zero-order valence-corrected chi connectivity index (χ0v) is 43.9. The van der Waals surface area contributed by atoms with Gasteiger partial charge in [0.2, 0.25) is 35.4 Å². The first-order chi connectivity index (χ1) is 34.7. The number of carbonyl (C=O) groups excluding carboxylic acids is 8. The molecule has 2 saturated heterocycles. The van der Waals surface area contributed by atoms with Gasteiger partial charge in [0.05, 0.1) is 24.2 Å². The van der Waals surface area contributed by atoms with Crippen LogP contribution in [0.15, 0.2) is 78.9 Å². The largest absolute Gasteiger partial charge is 0.399 e. The summed E-state index contributed by atoms with van der Waals surface area (Å²) in [6.07, 6.45) is 1.23. The number of anilines is 1. The third-order valence-electron chi connectivity index (χ3n) is 14.4. The van der Waals surface area contributed by atoms with E-state index < -0.39 is 95.9 Å². The first-order valence-electron chi connectivity index (χ1n) is 25.5. The smallest absolute Gasteiger partial charge is 0.251 e. The molecule has 12 atom stereocenters. The van der Waals surface area contributed by atoms with Crippen molar-refractivity contribution in [3.05, 3.63) is 101 Å². The molecular weight excluding hydrogens is 931 g/mol. The molecular formula is C54H77N11O8. The molecule has 0 aromatic heterocycles. The average molecular weight is 1010 g/mol. The Labute approximate surface area is 429 Å². The van der Waals surface area contributed by atoms with E-state index in [4.69, 9.17) is 5.73 Å². The Morgan fingerprint density at radius 3 is 1.23 bits per heavy atom. The topological polar surface area (TPSA) is 265 Å². The number of hydrogen-bond donors (Lipinski definition) is 9. The van der Waals surface area contributed by atoms with Gasteiger partial charge in [-0.1, -0.05) is 101 Å². The first-order valence-corrected chi connectivity index (χ1v) is 25.5. The van der Waals surface area contributed by atoms with Crippen molar-refractivity contribution < 1.29 is 38.4 Å². The van der Waals surface area contributed by atoms with E-state index >= 15 is 0 Å². The molecule has 3 aromatic carbocycles. The molecule has 0 aliphatic carbocycles. The fraction of sp³-hybridized carbons (Fsp3) is 0.519. The van der Waals surface area contributed by atoms with Gasteiger partial charge in [0.25, 0.3) is 11.8 Å². The maximum atomic E-state index is 14.5. The van der Waals surface area contributed by atoms with Gasteiger partial charge in [0, 0.05) is 42.0 Å². The normalized spacial score (nSPS) is 20.7. The maximum Gasteiger partial charge on any atom is 0.251 e. The lowest BCUT2D eigenvalue weighted by atomic mass is 9.97. The fourth-order valence-corrected chi connectivity index (χ4v) is 9.13. The quantitative estimate of drug-likeness (QED) is 0.0661. The summed E-state index contributed by atoms with van der Waals surface area (Å²) in [5.74, 6) is -4.33. The summed E-state index contributed by atoms with van der Waals surface area (Å²) < 4.78 is 0. The van der Waals surface area contributed by atoms with Gasteiger partial charge in [0.15, 0.2) is 0 Å². The summed E-state index contributed by atoms with van der Waals surface area (Å²) in [7, 11) is 3.28. The molecule has 2 aliphatic heterocycles. The molecule has 19 heteroatoms. The Bertz CT molecular complexity index is 2260. The van der Waals surface area contributed by atoms with E-state index in [1.807, 2.05) is 102 Å². The van der Waals surface area contributed by atoms with Crippen molar-refractivity contribution in [2.75, 3.05) is 32.9 Å². The van der Waals surface area contributed by atoms with Crippen molar-refractivity contribution >= 4 is 52.9 Å². The van der Waals surface area contributed by atoms with Crippen molar-refractivity contribution in [3.8, 4) is 0 Å². The molecule has 5 rings (SSSR count). The summed E-state index contributed by atoms with van der Waals surface area (Å²) in [6.45, 7) is 14.5. The molecule has 0 radical (unpaired) electrons. The number of rotatable bonds is 22. The predicted octanol–water partition coefficient (Wildman–Crippen LogP) is 2.70. The Hall–Kier alpha value is -6.86. The van der Waals surface area contributed by atoms with Gasteiger partial charge in [-0.3, -0.25) is 38.4 Å². The average Bonchev–Trinajstić information content (AvgIpc) is 4.03. The second kappa shape index (κ2) is 26.2. The maximum absolute atomic E-state index is 14.5. The molecule has 8 amide bonds. The number of likely N-dealkylation sites (tertiary alicyclic amines) is 2. The Kier molecular flexibility index (Phi) is 20.5. The Balaban J connectivity index is 1.37. The monoisotopic (exact) mass is 1010 g/mol. The van der Waals surface area contributed by atoms with Gasteiger partial charge in [-0.25, -0.2) is 0 Å². The van der Waals surface area contributed by atoms with Crippen LogP contribution in [-0.2, 0) is 28.8 Å². The molecule has 73 heavy (non-hydrogen) atoms. The number of nitrogens with two attached hydrogens (primary N) is 1. The molecule has 0 unspecified atom stereocenters. The number of carbonyl (C=O) groups is 8. The van der Waals surface area contributed by atoms with Crippen molar-refractivity contribution in [1.82, 2.24) is 52.3 Å². The van der Waals surface area contributed by atoms with Crippen molar-refractivity contribution in [1.29, 1.82) is 0 Å². The lowest BCUT2D eigenvalue weighted by Gasteiger charge is -2.32. The van der Waals surface area contributed by atoms with Gasteiger partial charge in [-0.05, 0) is 95.8 Å². The minimum atomic E-state index is -1.00. The highest BCUT2D eigenvalue weighted by Gasteiger charge is 2.46. The summed E-state index contributed by atoms with van der Waals surface area (Å²) in [4.78, 5) is 115. The van der Waals surface area contributed by atoms with E-state index in [-0.39, 0.29) is 66.4 Å². The number of amides is 8. The fourth-order valence-electron chi connectivity index (χ4n) is 9.13. The van der Waals surface area contributed by atoms with Crippen LogP contribution in [0.4, 0.5) is 5.69 Å². The first kappa shape index (κ1) is 57.0. The van der Waals surface area contributed by atoms with Gasteiger partial charge in [0.1, 0.15) is 24.2 Å². The predicted molar refractivity (Wildman–Crippen MR) is 279 cm³/mol. The van der Waals surface area contributed by atoms with Gasteiger partial charge in [-0.2, -0.15) is 0 Å². The lowest BCUT2D eigenvalue weighted by Crippen LogP contribution is -2.57. The van der Waals surface area contributed by atoms with Crippen molar-refractivity contribution in [2.45, 2.75) is 141 Å². The number of nitrogens with one attached hydrogen (secondary N) is 8. The highest BCUT2D eigenvalue weighted by Crippen LogP contribution is 2.27. The number of nitrogens with zero attached hydrogens (tertiary/aromatic N) is 2. The summed E-state index contributed by atoms with van der Waals surface area (Å²) in [6, 6.07) is 15.6. The summed E-state index contributed by atoms with van der Waals surface area (Å²) >= 11 is 0. The second-order valence-corrected chi connectivity index (χ2v) is 19.7. The minimum absolute atomic E-state index is 0.0396. The van der Waals surface area contributed by atoms with E-state index in [1.54, 1.807) is 27.9 Å². The Morgan fingerprint density at radius 2 is 0.904 bits per heavy atom. The molecule has 19 nitrogen and oxygen atoms in total. The molecule has 2 aliphatic rings. The van der Waals surface area contributed by atoms with Crippen LogP contribution in [0.2, 0.25) is 0 Å². The highest BCUT2D eigenvalue weighted by atomic mass is 16.2. The van der Waals surface area contributed by atoms with Gasteiger partial charge < -0.3 is 58.1 Å². The van der Waals surface area contributed by atoms with E-state index in [0.29, 0.717) is 12.8 Å². The van der Waals surface area contributed by atoms with Crippen molar-refractivity contribution in [2.24, 2.45) is 11.8 Å². The minimum Gasteiger partial charge on any atom is -0.399 e. The Morgan fingerprint density at radius 1 is 0.548 bits per heavy atom. The van der Waals surface area contributed by atoms with Crippen LogP contribution in [-0.4, -0.2) is 133 Å². The molecule has 396 valence electrons.